The van der Waals surface area contributed by atoms with Gasteiger partial charge in [-0.1, -0.05) is 66.2 Å². The predicted octanol–water partition coefficient (Wildman–Crippen LogP) is 5.74. The third kappa shape index (κ3) is 3.24. The van der Waals surface area contributed by atoms with E-state index < -0.39 is 0 Å². The van der Waals surface area contributed by atoms with Crippen molar-refractivity contribution in [2.45, 2.75) is 31.5 Å². The highest BCUT2D eigenvalue weighted by Crippen LogP contribution is 2.32. The Balaban J connectivity index is 2.27. The fourth-order valence-electron chi connectivity index (χ4n) is 2.01. The minimum Gasteiger partial charge on any atom is -0.207 e. The fourth-order valence-corrected chi connectivity index (χ4v) is 2.60. The highest BCUT2D eigenvalue weighted by atomic mass is 79.9. The van der Waals surface area contributed by atoms with Crippen LogP contribution in [0.5, 0.6) is 0 Å². The van der Waals surface area contributed by atoms with Gasteiger partial charge in [0.2, 0.25) is 0 Å². The Morgan fingerprint density at radius 3 is 1.95 bits per heavy atom. The largest absolute Gasteiger partial charge is 0.207 e. The number of alkyl halides is 1. The summed E-state index contributed by atoms with van der Waals surface area (Å²) in [6.07, 6.45) is 0. The van der Waals surface area contributed by atoms with Gasteiger partial charge in [-0.05, 0) is 41.2 Å². The van der Waals surface area contributed by atoms with Crippen molar-refractivity contribution in [3.8, 4) is 0 Å². The van der Waals surface area contributed by atoms with Crippen LogP contribution in [0, 0.1) is 12.7 Å². The molecule has 0 aromatic heterocycles. The lowest BCUT2D eigenvalue weighted by molar-refractivity contribution is 0.616. The molecule has 0 saturated heterocycles. The average Bonchev–Trinajstić information content (AvgIpc) is 2.41. The quantitative estimate of drug-likeness (QED) is 0.632. The molecule has 0 heterocycles. The van der Waals surface area contributed by atoms with Gasteiger partial charge in [0.1, 0.15) is 5.82 Å². The SMILES string of the molecule is Cc1ccc(C(Br)c2ccc(C(C)C)cc2)cc1F. The van der Waals surface area contributed by atoms with Gasteiger partial charge in [-0.15, -0.1) is 0 Å². The molecule has 2 aromatic carbocycles. The molecule has 0 nitrogen and oxygen atoms in total. The Hall–Kier alpha value is -1.15. The van der Waals surface area contributed by atoms with E-state index in [2.05, 4.69) is 54.0 Å². The van der Waals surface area contributed by atoms with E-state index in [4.69, 9.17) is 0 Å². The molecule has 2 aromatic rings. The molecule has 0 fully saturated rings. The van der Waals surface area contributed by atoms with Crippen LogP contribution in [0.25, 0.3) is 0 Å². The summed E-state index contributed by atoms with van der Waals surface area (Å²) in [5, 5.41) is 0. The summed E-state index contributed by atoms with van der Waals surface area (Å²) >= 11 is 3.65. The minimum atomic E-state index is -0.152. The van der Waals surface area contributed by atoms with Crippen LogP contribution in [0.1, 0.15) is 46.8 Å². The summed E-state index contributed by atoms with van der Waals surface area (Å²) in [6, 6.07) is 13.9. The number of hydrogen-bond acceptors (Lipinski definition) is 0. The number of hydrogen-bond donors (Lipinski definition) is 0. The maximum absolute atomic E-state index is 13.6. The van der Waals surface area contributed by atoms with Crippen molar-refractivity contribution in [1.82, 2.24) is 0 Å². The van der Waals surface area contributed by atoms with E-state index in [1.165, 1.54) is 5.56 Å². The molecule has 0 aliphatic carbocycles. The van der Waals surface area contributed by atoms with Crippen molar-refractivity contribution in [1.29, 1.82) is 0 Å². The molecule has 0 radical (unpaired) electrons. The van der Waals surface area contributed by atoms with E-state index in [1.54, 1.807) is 13.0 Å². The van der Waals surface area contributed by atoms with Crippen LogP contribution >= 0.6 is 15.9 Å². The molecule has 100 valence electrons. The molecular formula is C17H18BrF. The topological polar surface area (TPSA) is 0 Å². The number of halogens is 2. The summed E-state index contributed by atoms with van der Waals surface area (Å²) in [7, 11) is 0. The monoisotopic (exact) mass is 320 g/mol. The zero-order chi connectivity index (χ0) is 14.0. The minimum absolute atomic E-state index is 0.0313. The molecular weight excluding hydrogens is 303 g/mol. The summed E-state index contributed by atoms with van der Waals surface area (Å²) in [6.45, 7) is 6.13. The number of benzene rings is 2. The van der Waals surface area contributed by atoms with Crippen LogP contribution in [0.3, 0.4) is 0 Å². The Morgan fingerprint density at radius 2 is 1.42 bits per heavy atom. The Kier molecular flexibility index (Phi) is 4.41. The lowest BCUT2D eigenvalue weighted by Crippen LogP contribution is -1.96. The second-order valence-electron chi connectivity index (χ2n) is 5.19. The molecule has 0 N–H and O–H groups in total. The van der Waals surface area contributed by atoms with Gasteiger partial charge in [-0.2, -0.15) is 0 Å². The smallest absolute Gasteiger partial charge is 0.126 e. The first-order chi connectivity index (χ1) is 8.99. The Morgan fingerprint density at radius 1 is 0.895 bits per heavy atom. The van der Waals surface area contributed by atoms with Crippen molar-refractivity contribution < 1.29 is 4.39 Å². The summed E-state index contributed by atoms with van der Waals surface area (Å²) in [4.78, 5) is 0.0313. The molecule has 0 saturated carbocycles. The summed E-state index contributed by atoms with van der Waals surface area (Å²) in [5.74, 6) is 0.375. The highest BCUT2D eigenvalue weighted by Gasteiger charge is 2.12. The maximum Gasteiger partial charge on any atom is 0.126 e. The maximum atomic E-state index is 13.6. The van der Waals surface area contributed by atoms with Gasteiger partial charge in [-0.3, -0.25) is 0 Å². The highest BCUT2D eigenvalue weighted by molar-refractivity contribution is 9.09. The summed E-state index contributed by atoms with van der Waals surface area (Å²) < 4.78 is 13.6. The molecule has 19 heavy (non-hydrogen) atoms. The van der Waals surface area contributed by atoms with Gasteiger partial charge in [-0.25, -0.2) is 4.39 Å². The van der Waals surface area contributed by atoms with Crippen molar-refractivity contribution >= 4 is 15.9 Å². The first-order valence-corrected chi connectivity index (χ1v) is 7.40. The van der Waals surface area contributed by atoms with Crippen LogP contribution in [0.15, 0.2) is 42.5 Å². The van der Waals surface area contributed by atoms with E-state index >= 15 is 0 Å². The van der Waals surface area contributed by atoms with Crippen LogP contribution < -0.4 is 0 Å². The van der Waals surface area contributed by atoms with E-state index in [0.717, 1.165) is 11.1 Å². The summed E-state index contributed by atoms with van der Waals surface area (Å²) in [5.41, 5.74) is 4.09. The second-order valence-corrected chi connectivity index (χ2v) is 6.11. The zero-order valence-electron chi connectivity index (χ0n) is 11.5. The first kappa shape index (κ1) is 14.3. The lowest BCUT2D eigenvalue weighted by atomic mass is 9.98. The molecule has 0 amide bonds. The predicted molar refractivity (Wildman–Crippen MR) is 82.4 cm³/mol. The van der Waals surface area contributed by atoms with Gasteiger partial charge in [0, 0.05) is 0 Å². The first-order valence-electron chi connectivity index (χ1n) is 6.49. The Labute approximate surface area is 122 Å². The molecule has 0 aliphatic rings. The van der Waals surface area contributed by atoms with Crippen molar-refractivity contribution in [2.75, 3.05) is 0 Å². The van der Waals surface area contributed by atoms with Crippen LogP contribution in [-0.2, 0) is 0 Å². The third-order valence-electron chi connectivity index (χ3n) is 3.38. The van der Waals surface area contributed by atoms with Crippen molar-refractivity contribution in [2.24, 2.45) is 0 Å². The van der Waals surface area contributed by atoms with Crippen LogP contribution in [0.2, 0.25) is 0 Å². The molecule has 1 unspecified atom stereocenters. The van der Waals surface area contributed by atoms with Gasteiger partial charge in [0.15, 0.2) is 0 Å². The standard InChI is InChI=1S/C17H18BrF/c1-11(2)13-6-8-14(9-7-13)17(18)15-5-4-12(3)16(19)10-15/h4-11,17H,1-3H3. The molecule has 2 rings (SSSR count). The van der Waals surface area contributed by atoms with E-state index in [0.29, 0.717) is 11.5 Å². The van der Waals surface area contributed by atoms with Crippen LogP contribution in [0.4, 0.5) is 4.39 Å². The van der Waals surface area contributed by atoms with Crippen LogP contribution in [-0.4, -0.2) is 0 Å². The average molecular weight is 321 g/mol. The molecule has 0 bridgehead atoms. The molecule has 0 spiro atoms. The number of aryl methyl sites for hydroxylation is 1. The third-order valence-corrected chi connectivity index (χ3v) is 4.44. The van der Waals surface area contributed by atoms with E-state index in [-0.39, 0.29) is 10.6 Å². The lowest BCUT2D eigenvalue weighted by Gasteiger charge is -2.13. The second kappa shape index (κ2) is 5.87. The molecule has 1 atom stereocenters. The van der Waals surface area contributed by atoms with Crippen molar-refractivity contribution in [3.05, 3.63) is 70.5 Å². The van der Waals surface area contributed by atoms with Gasteiger partial charge in [0.05, 0.1) is 4.83 Å². The van der Waals surface area contributed by atoms with Gasteiger partial charge in [0.25, 0.3) is 0 Å². The number of rotatable bonds is 3. The molecule has 0 aliphatic heterocycles. The van der Waals surface area contributed by atoms with E-state index in [1.807, 2.05) is 12.1 Å². The van der Waals surface area contributed by atoms with Gasteiger partial charge >= 0.3 is 0 Å². The zero-order valence-corrected chi connectivity index (χ0v) is 13.0. The normalized spacial score (nSPS) is 12.7. The fraction of sp³-hybridized carbons (Fsp3) is 0.294. The van der Waals surface area contributed by atoms with Gasteiger partial charge < -0.3 is 0 Å². The van der Waals surface area contributed by atoms with Crippen molar-refractivity contribution in [3.63, 3.8) is 0 Å². The Bertz CT molecular complexity index is 558. The van der Waals surface area contributed by atoms with E-state index in [9.17, 15) is 4.39 Å². The molecule has 2 heteroatoms.